The van der Waals surface area contributed by atoms with Gasteiger partial charge in [-0.15, -0.1) is 0 Å². The molecular formula is C12H16FNO. The molecule has 1 aromatic rings. The van der Waals surface area contributed by atoms with Gasteiger partial charge in [0, 0.05) is 18.9 Å². The first kappa shape index (κ1) is 10.4. The molecule has 1 heterocycles. The third kappa shape index (κ3) is 2.48. The number of hydrogen-bond acceptors (Lipinski definition) is 2. The molecule has 1 fully saturated rings. The van der Waals surface area contributed by atoms with Crippen molar-refractivity contribution < 1.29 is 9.50 Å². The van der Waals surface area contributed by atoms with Gasteiger partial charge in [0.05, 0.1) is 0 Å². The van der Waals surface area contributed by atoms with E-state index in [9.17, 15) is 9.50 Å². The van der Waals surface area contributed by atoms with Gasteiger partial charge in [0.1, 0.15) is 11.9 Å². The first-order chi connectivity index (χ1) is 7.27. The summed E-state index contributed by atoms with van der Waals surface area (Å²) in [4.78, 5) is 0. The average Bonchev–Trinajstić information content (AvgIpc) is 2.74. The number of halogens is 1. The summed E-state index contributed by atoms with van der Waals surface area (Å²) in [7, 11) is 0. The number of hydrogen-bond donors (Lipinski definition) is 2. The maximum absolute atomic E-state index is 13.8. The normalized spacial score (nSPS) is 22.9. The molecule has 0 spiro atoms. The Kier molecular flexibility index (Phi) is 3.21. The van der Waals surface area contributed by atoms with Crippen molar-refractivity contribution in [2.24, 2.45) is 5.92 Å². The molecule has 0 bridgehead atoms. The number of alkyl halides is 1. The van der Waals surface area contributed by atoms with Crippen LogP contribution in [0.3, 0.4) is 0 Å². The molecular weight excluding hydrogens is 193 g/mol. The molecule has 1 saturated heterocycles. The number of benzene rings is 1. The Hall–Kier alpha value is -1.09. The van der Waals surface area contributed by atoms with Gasteiger partial charge in [0.25, 0.3) is 0 Å². The van der Waals surface area contributed by atoms with Crippen LogP contribution in [0.1, 0.15) is 12.0 Å². The van der Waals surface area contributed by atoms with E-state index in [4.69, 9.17) is 0 Å². The first-order valence-corrected chi connectivity index (χ1v) is 5.39. The molecule has 1 aliphatic rings. The lowest BCUT2D eigenvalue weighted by Gasteiger charge is -2.15. The van der Waals surface area contributed by atoms with Gasteiger partial charge in [0.2, 0.25) is 0 Å². The van der Waals surface area contributed by atoms with E-state index in [0.717, 1.165) is 19.5 Å². The Morgan fingerprint density at radius 2 is 2.27 bits per heavy atom. The van der Waals surface area contributed by atoms with Gasteiger partial charge in [-0.1, -0.05) is 18.2 Å². The standard InChI is InChI=1S/C12H16FNO/c13-11(10-5-6-14-8-10)7-9-3-1-2-4-12(9)15/h1-4,10-11,14-15H,5-8H2. The molecule has 0 aromatic heterocycles. The molecule has 2 rings (SSSR count). The molecule has 15 heavy (non-hydrogen) atoms. The highest BCUT2D eigenvalue weighted by Gasteiger charge is 2.25. The molecule has 2 N–H and O–H groups in total. The molecule has 1 aromatic carbocycles. The maximum Gasteiger partial charge on any atom is 0.118 e. The van der Waals surface area contributed by atoms with E-state index in [1.807, 2.05) is 6.07 Å². The number of rotatable bonds is 3. The molecule has 82 valence electrons. The summed E-state index contributed by atoms with van der Waals surface area (Å²) < 4.78 is 13.8. The number of phenolic OH excluding ortho intramolecular Hbond substituents is 1. The van der Waals surface area contributed by atoms with Crippen molar-refractivity contribution in [1.29, 1.82) is 0 Å². The summed E-state index contributed by atoms with van der Waals surface area (Å²) in [6, 6.07) is 6.97. The molecule has 2 atom stereocenters. The van der Waals surface area contributed by atoms with Crippen molar-refractivity contribution in [1.82, 2.24) is 5.32 Å². The third-order valence-corrected chi connectivity index (χ3v) is 3.02. The third-order valence-electron chi connectivity index (χ3n) is 3.02. The number of aromatic hydroxyl groups is 1. The first-order valence-electron chi connectivity index (χ1n) is 5.39. The van der Waals surface area contributed by atoms with Gasteiger partial charge < -0.3 is 10.4 Å². The molecule has 2 unspecified atom stereocenters. The highest BCUT2D eigenvalue weighted by molar-refractivity contribution is 5.32. The second kappa shape index (κ2) is 4.62. The van der Waals surface area contributed by atoms with E-state index in [0.29, 0.717) is 12.0 Å². The molecule has 2 nitrogen and oxygen atoms in total. The van der Waals surface area contributed by atoms with Crippen molar-refractivity contribution in [3.63, 3.8) is 0 Å². The monoisotopic (exact) mass is 209 g/mol. The highest BCUT2D eigenvalue weighted by atomic mass is 19.1. The quantitative estimate of drug-likeness (QED) is 0.796. The Morgan fingerprint density at radius 3 is 2.93 bits per heavy atom. The van der Waals surface area contributed by atoms with Crippen LogP contribution in [0.5, 0.6) is 5.75 Å². The molecule has 1 aliphatic heterocycles. The average molecular weight is 209 g/mol. The van der Waals surface area contributed by atoms with Crippen LogP contribution in [0, 0.1) is 5.92 Å². The lowest BCUT2D eigenvalue weighted by molar-refractivity contribution is 0.238. The topological polar surface area (TPSA) is 32.3 Å². The van der Waals surface area contributed by atoms with Crippen LogP contribution in [0.15, 0.2) is 24.3 Å². The van der Waals surface area contributed by atoms with Crippen LogP contribution in [-0.4, -0.2) is 24.4 Å². The van der Waals surface area contributed by atoms with E-state index in [1.54, 1.807) is 18.2 Å². The SMILES string of the molecule is Oc1ccccc1CC(F)C1CCNC1. The fourth-order valence-corrected chi connectivity index (χ4v) is 2.05. The van der Waals surface area contributed by atoms with Gasteiger partial charge in [-0.3, -0.25) is 0 Å². The summed E-state index contributed by atoms with van der Waals surface area (Å²) in [5, 5.41) is 12.7. The van der Waals surface area contributed by atoms with E-state index in [1.165, 1.54) is 0 Å². The van der Waals surface area contributed by atoms with E-state index >= 15 is 0 Å². The lowest BCUT2D eigenvalue weighted by atomic mass is 9.96. The molecule has 0 saturated carbocycles. The zero-order chi connectivity index (χ0) is 10.7. The van der Waals surface area contributed by atoms with Crippen LogP contribution < -0.4 is 5.32 Å². The molecule has 3 heteroatoms. The Morgan fingerprint density at radius 1 is 1.47 bits per heavy atom. The minimum atomic E-state index is -0.853. The number of para-hydroxylation sites is 1. The van der Waals surface area contributed by atoms with E-state index in [2.05, 4.69) is 5.32 Å². The van der Waals surface area contributed by atoms with Crippen molar-refractivity contribution in [3.05, 3.63) is 29.8 Å². The zero-order valence-electron chi connectivity index (χ0n) is 8.62. The van der Waals surface area contributed by atoms with Gasteiger partial charge in [-0.25, -0.2) is 4.39 Å². The van der Waals surface area contributed by atoms with Crippen LogP contribution >= 0.6 is 0 Å². The Balaban J connectivity index is 1.99. The summed E-state index contributed by atoms with van der Waals surface area (Å²) >= 11 is 0. The van der Waals surface area contributed by atoms with Crippen molar-refractivity contribution >= 4 is 0 Å². The Bertz CT molecular complexity index is 323. The predicted molar refractivity (Wildman–Crippen MR) is 57.7 cm³/mol. The van der Waals surface area contributed by atoms with Crippen LogP contribution in [0.25, 0.3) is 0 Å². The number of phenols is 1. The van der Waals surface area contributed by atoms with Crippen molar-refractivity contribution in [2.75, 3.05) is 13.1 Å². The molecule has 0 aliphatic carbocycles. The minimum absolute atomic E-state index is 0.101. The van der Waals surface area contributed by atoms with Crippen LogP contribution in [0.2, 0.25) is 0 Å². The minimum Gasteiger partial charge on any atom is -0.508 e. The van der Waals surface area contributed by atoms with E-state index in [-0.39, 0.29) is 11.7 Å². The largest absolute Gasteiger partial charge is 0.508 e. The van der Waals surface area contributed by atoms with Crippen LogP contribution in [-0.2, 0) is 6.42 Å². The fourth-order valence-electron chi connectivity index (χ4n) is 2.05. The van der Waals surface area contributed by atoms with Crippen LogP contribution in [0.4, 0.5) is 4.39 Å². The second-order valence-electron chi connectivity index (χ2n) is 4.10. The summed E-state index contributed by atoms with van der Waals surface area (Å²) in [5.41, 5.74) is 0.705. The number of nitrogens with one attached hydrogen (secondary N) is 1. The fraction of sp³-hybridized carbons (Fsp3) is 0.500. The zero-order valence-corrected chi connectivity index (χ0v) is 8.62. The van der Waals surface area contributed by atoms with Gasteiger partial charge in [0.15, 0.2) is 0 Å². The van der Waals surface area contributed by atoms with E-state index < -0.39 is 6.17 Å². The molecule has 0 radical (unpaired) electrons. The smallest absolute Gasteiger partial charge is 0.118 e. The van der Waals surface area contributed by atoms with Gasteiger partial charge in [-0.05, 0) is 24.6 Å². The maximum atomic E-state index is 13.8. The summed E-state index contributed by atoms with van der Waals surface area (Å²) in [5.74, 6) is 0.302. The van der Waals surface area contributed by atoms with Crippen molar-refractivity contribution in [3.8, 4) is 5.75 Å². The predicted octanol–water partition coefficient (Wildman–Crippen LogP) is 1.88. The summed E-state index contributed by atoms with van der Waals surface area (Å²) in [6.45, 7) is 1.67. The molecule has 0 amide bonds. The van der Waals surface area contributed by atoms with Crippen molar-refractivity contribution in [2.45, 2.75) is 19.0 Å². The second-order valence-corrected chi connectivity index (χ2v) is 4.10. The van der Waals surface area contributed by atoms with Gasteiger partial charge >= 0.3 is 0 Å². The lowest BCUT2D eigenvalue weighted by Crippen LogP contribution is -2.21. The van der Waals surface area contributed by atoms with Gasteiger partial charge in [-0.2, -0.15) is 0 Å². The Labute approximate surface area is 89.1 Å². The summed E-state index contributed by atoms with van der Waals surface area (Å²) in [6.07, 6.45) is 0.363. The highest BCUT2D eigenvalue weighted by Crippen LogP contribution is 2.24.